The first-order valence-electron chi connectivity index (χ1n) is 6.54. The van der Waals surface area contributed by atoms with Gasteiger partial charge in [-0.25, -0.2) is 0 Å². The Morgan fingerprint density at radius 3 is 2.50 bits per heavy atom. The zero-order valence-corrected chi connectivity index (χ0v) is 12.7. The van der Waals surface area contributed by atoms with Crippen LogP contribution in [0.1, 0.15) is 18.9 Å². The lowest BCUT2D eigenvalue weighted by atomic mass is 9.99. The molecule has 0 saturated carbocycles. The third-order valence-electron chi connectivity index (χ3n) is 3.45. The molecular weight excluding hydrogens is 335 g/mol. The van der Waals surface area contributed by atoms with Crippen molar-refractivity contribution in [1.29, 1.82) is 0 Å². The lowest BCUT2D eigenvalue weighted by molar-refractivity contribution is -0.274. The van der Waals surface area contributed by atoms with Gasteiger partial charge in [-0.3, -0.25) is 4.90 Å². The summed E-state index contributed by atoms with van der Waals surface area (Å²) < 4.78 is 40.0. The quantitative estimate of drug-likeness (QED) is 0.757. The van der Waals surface area contributed by atoms with Gasteiger partial charge in [-0.2, -0.15) is 0 Å². The van der Waals surface area contributed by atoms with Crippen LogP contribution in [-0.2, 0) is 6.54 Å². The number of likely N-dealkylation sites (tertiary alicyclic amines) is 1. The highest BCUT2D eigenvalue weighted by Gasteiger charge is 2.31. The van der Waals surface area contributed by atoms with Gasteiger partial charge in [0.05, 0.1) is 0 Å². The molecule has 0 N–H and O–H groups in total. The molecule has 1 aromatic rings. The summed E-state index contributed by atoms with van der Waals surface area (Å²) in [7, 11) is 0. The van der Waals surface area contributed by atoms with E-state index in [-0.39, 0.29) is 5.75 Å². The van der Waals surface area contributed by atoms with E-state index in [1.165, 1.54) is 12.1 Å². The zero-order valence-electron chi connectivity index (χ0n) is 11.2. The van der Waals surface area contributed by atoms with E-state index in [9.17, 15) is 13.2 Å². The van der Waals surface area contributed by atoms with E-state index in [1.54, 1.807) is 12.1 Å². The Labute approximate surface area is 125 Å². The fraction of sp³-hybridized carbons (Fsp3) is 0.571. The predicted molar refractivity (Wildman–Crippen MR) is 74.9 cm³/mol. The van der Waals surface area contributed by atoms with Crippen molar-refractivity contribution in [3.8, 4) is 5.75 Å². The molecule has 0 radical (unpaired) electrons. The first-order chi connectivity index (χ1) is 9.33. The molecule has 0 amide bonds. The number of halogens is 4. The van der Waals surface area contributed by atoms with Crippen molar-refractivity contribution in [1.82, 2.24) is 4.90 Å². The molecule has 112 valence electrons. The van der Waals surface area contributed by atoms with Crippen LogP contribution in [0.3, 0.4) is 0 Å². The normalized spacial score (nSPS) is 24.6. The second-order valence-corrected chi connectivity index (χ2v) is 6.38. The maximum Gasteiger partial charge on any atom is 0.573 e. The minimum Gasteiger partial charge on any atom is -0.406 e. The molecule has 1 heterocycles. The molecule has 1 fully saturated rings. The SMILES string of the molecule is CC1CN(Cc2ccc(OC(F)(F)F)cc2)CCC1Br. The molecule has 1 saturated heterocycles. The van der Waals surface area contributed by atoms with Gasteiger partial charge in [-0.05, 0) is 36.6 Å². The number of benzene rings is 1. The van der Waals surface area contributed by atoms with Gasteiger partial charge in [0.25, 0.3) is 0 Å². The van der Waals surface area contributed by atoms with Crippen LogP contribution in [0.2, 0.25) is 0 Å². The summed E-state index contributed by atoms with van der Waals surface area (Å²) in [5, 5.41) is 0. The van der Waals surface area contributed by atoms with E-state index >= 15 is 0 Å². The number of piperidine rings is 1. The van der Waals surface area contributed by atoms with Crippen LogP contribution < -0.4 is 4.74 Å². The average molecular weight is 352 g/mol. The van der Waals surface area contributed by atoms with Crippen molar-refractivity contribution in [3.63, 3.8) is 0 Å². The Morgan fingerprint density at radius 1 is 1.30 bits per heavy atom. The molecule has 20 heavy (non-hydrogen) atoms. The fourth-order valence-corrected chi connectivity index (χ4v) is 2.77. The summed E-state index contributed by atoms with van der Waals surface area (Å²) in [5.41, 5.74) is 1.000. The van der Waals surface area contributed by atoms with Crippen molar-refractivity contribution < 1.29 is 17.9 Å². The van der Waals surface area contributed by atoms with E-state index in [1.807, 2.05) is 0 Å². The lowest BCUT2D eigenvalue weighted by Gasteiger charge is -2.34. The maximum absolute atomic E-state index is 12.1. The Bertz CT molecular complexity index is 435. The standard InChI is InChI=1S/C14H17BrF3NO/c1-10-8-19(7-6-13(10)15)9-11-2-4-12(5-3-11)20-14(16,17)18/h2-5,10,13H,6-9H2,1H3. The summed E-state index contributed by atoms with van der Waals surface area (Å²) in [5.74, 6) is 0.408. The molecule has 0 spiro atoms. The maximum atomic E-state index is 12.1. The molecule has 0 bridgehead atoms. The largest absolute Gasteiger partial charge is 0.573 e. The van der Waals surface area contributed by atoms with Crippen molar-refractivity contribution in [3.05, 3.63) is 29.8 Å². The van der Waals surface area contributed by atoms with Gasteiger partial charge in [0, 0.05) is 17.9 Å². The molecule has 6 heteroatoms. The highest BCUT2D eigenvalue weighted by molar-refractivity contribution is 9.09. The molecule has 1 aromatic carbocycles. The summed E-state index contributed by atoms with van der Waals surface area (Å²) in [4.78, 5) is 2.88. The van der Waals surface area contributed by atoms with Crippen molar-refractivity contribution >= 4 is 15.9 Å². The number of hydrogen-bond donors (Lipinski definition) is 0. The van der Waals surface area contributed by atoms with Crippen LogP contribution in [-0.4, -0.2) is 29.2 Å². The molecule has 1 aliphatic rings. The summed E-state index contributed by atoms with van der Waals surface area (Å²) in [6, 6.07) is 6.10. The number of alkyl halides is 4. The fourth-order valence-electron chi connectivity index (χ4n) is 2.40. The molecule has 2 nitrogen and oxygen atoms in total. The van der Waals surface area contributed by atoms with Gasteiger partial charge in [-0.15, -0.1) is 13.2 Å². The molecule has 2 atom stereocenters. The van der Waals surface area contributed by atoms with Crippen LogP contribution in [0.5, 0.6) is 5.75 Å². The number of ether oxygens (including phenoxy) is 1. The number of rotatable bonds is 3. The molecular formula is C14H17BrF3NO. The first kappa shape index (κ1) is 15.6. The van der Waals surface area contributed by atoms with E-state index in [0.717, 1.165) is 31.6 Å². The third-order valence-corrected chi connectivity index (χ3v) is 4.81. The second kappa shape index (κ2) is 6.35. The predicted octanol–water partition coefficient (Wildman–Crippen LogP) is 4.19. The van der Waals surface area contributed by atoms with Crippen molar-refractivity contribution in [2.75, 3.05) is 13.1 Å². The van der Waals surface area contributed by atoms with Gasteiger partial charge in [0.2, 0.25) is 0 Å². The van der Waals surface area contributed by atoms with Crippen LogP contribution in [0.25, 0.3) is 0 Å². The van der Waals surface area contributed by atoms with E-state index in [4.69, 9.17) is 0 Å². The van der Waals surface area contributed by atoms with Gasteiger partial charge in [0.15, 0.2) is 0 Å². The molecule has 0 aliphatic carbocycles. The third kappa shape index (κ3) is 4.66. The van der Waals surface area contributed by atoms with Crippen LogP contribution in [0.15, 0.2) is 24.3 Å². The Kier molecular flexibility index (Phi) is 4.96. The minimum absolute atomic E-state index is 0.172. The number of nitrogens with zero attached hydrogens (tertiary/aromatic N) is 1. The van der Waals surface area contributed by atoms with Crippen LogP contribution in [0, 0.1) is 5.92 Å². The molecule has 2 rings (SSSR count). The van der Waals surface area contributed by atoms with Crippen LogP contribution in [0.4, 0.5) is 13.2 Å². The Balaban J connectivity index is 1.91. The second-order valence-electron chi connectivity index (χ2n) is 5.21. The molecule has 0 aromatic heterocycles. The van der Waals surface area contributed by atoms with E-state index in [0.29, 0.717) is 10.7 Å². The van der Waals surface area contributed by atoms with Crippen molar-refractivity contribution in [2.45, 2.75) is 31.1 Å². The molecule has 1 aliphatic heterocycles. The first-order valence-corrected chi connectivity index (χ1v) is 7.46. The highest BCUT2D eigenvalue weighted by Crippen LogP contribution is 2.26. The van der Waals surface area contributed by atoms with Crippen LogP contribution >= 0.6 is 15.9 Å². The zero-order chi connectivity index (χ0) is 14.8. The minimum atomic E-state index is -4.63. The summed E-state index contributed by atoms with van der Waals surface area (Å²) >= 11 is 3.65. The highest BCUT2D eigenvalue weighted by atomic mass is 79.9. The Hall–Kier alpha value is -0.750. The van der Waals surface area contributed by atoms with Gasteiger partial charge in [0.1, 0.15) is 5.75 Å². The molecule has 2 unspecified atom stereocenters. The van der Waals surface area contributed by atoms with Gasteiger partial charge >= 0.3 is 6.36 Å². The smallest absolute Gasteiger partial charge is 0.406 e. The van der Waals surface area contributed by atoms with E-state index in [2.05, 4.69) is 32.5 Å². The summed E-state index contributed by atoms with van der Waals surface area (Å²) in [6.45, 7) is 4.96. The Morgan fingerprint density at radius 2 is 1.95 bits per heavy atom. The number of hydrogen-bond acceptors (Lipinski definition) is 2. The average Bonchev–Trinajstić information content (AvgIpc) is 2.35. The monoisotopic (exact) mass is 351 g/mol. The van der Waals surface area contributed by atoms with Gasteiger partial charge in [-0.1, -0.05) is 35.0 Å². The van der Waals surface area contributed by atoms with Crippen molar-refractivity contribution in [2.24, 2.45) is 5.92 Å². The lowest BCUT2D eigenvalue weighted by Crippen LogP contribution is -2.39. The topological polar surface area (TPSA) is 12.5 Å². The summed E-state index contributed by atoms with van der Waals surface area (Å²) in [6.07, 6.45) is -3.54. The van der Waals surface area contributed by atoms with Gasteiger partial charge < -0.3 is 4.74 Å². The van der Waals surface area contributed by atoms with E-state index < -0.39 is 6.36 Å².